The molecule has 2 aromatic rings. The first kappa shape index (κ1) is 23.7. The normalized spacial score (nSPS) is 15.5. The minimum absolute atomic E-state index is 0.279. The van der Waals surface area contributed by atoms with E-state index >= 15 is 0 Å². The molecule has 0 atom stereocenters. The summed E-state index contributed by atoms with van der Waals surface area (Å²) < 4.78 is 5.35. The number of hydrogen-bond acceptors (Lipinski definition) is 3. The number of alkyl halides is 2. The average molecular weight is 595 g/mol. The molecule has 1 N–H and O–H groups in total. The molecule has 1 aliphatic heterocycles. The summed E-state index contributed by atoms with van der Waals surface area (Å²) in [6.45, 7) is 2.06. The predicted molar refractivity (Wildman–Crippen MR) is 133 cm³/mol. The third-order valence-electron chi connectivity index (χ3n) is 4.74. The Morgan fingerprint density at radius 3 is 2.23 bits per heavy atom. The zero-order valence-corrected chi connectivity index (χ0v) is 21.4. The minimum atomic E-state index is -0.719. The van der Waals surface area contributed by atoms with Crippen molar-refractivity contribution in [1.29, 1.82) is 0 Å². The van der Waals surface area contributed by atoms with E-state index in [1.165, 1.54) is 0 Å². The van der Waals surface area contributed by atoms with Gasteiger partial charge in [-0.1, -0.05) is 84.9 Å². The molecule has 3 nitrogen and oxygen atoms in total. The van der Waals surface area contributed by atoms with E-state index in [-0.39, 0.29) is 12.6 Å². The molecule has 1 heterocycles. The molecule has 0 unspecified atom stereocenters. The van der Waals surface area contributed by atoms with Crippen molar-refractivity contribution < 1.29 is 9.53 Å². The third-order valence-corrected chi connectivity index (χ3v) is 7.46. The Kier molecular flexibility index (Phi) is 7.97. The lowest BCUT2D eigenvalue weighted by Gasteiger charge is -2.39. The maximum absolute atomic E-state index is 12.9. The summed E-state index contributed by atoms with van der Waals surface area (Å²) in [7, 11) is 0. The average Bonchev–Trinajstić information content (AvgIpc) is 2.74. The molecule has 0 aliphatic carbocycles. The smallest absolute Gasteiger partial charge is 0.336 e. The van der Waals surface area contributed by atoms with Crippen molar-refractivity contribution in [2.75, 3.05) is 17.3 Å². The molecule has 30 heavy (non-hydrogen) atoms. The van der Waals surface area contributed by atoms with Gasteiger partial charge in [0, 0.05) is 36.9 Å². The summed E-state index contributed by atoms with van der Waals surface area (Å²) >= 11 is 25.9. The van der Waals surface area contributed by atoms with E-state index in [2.05, 4.69) is 37.2 Å². The zero-order valence-electron chi connectivity index (χ0n) is 15.9. The molecule has 0 saturated carbocycles. The number of halogens is 5. The number of benzene rings is 2. The van der Waals surface area contributed by atoms with Crippen LogP contribution in [0, 0.1) is 0 Å². The molecule has 0 fully saturated rings. The fourth-order valence-corrected chi connectivity index (χ4v) is 5.65. The van der Waals surface area contributed by atoms with E-state index in [9.17, 15) is 4.79 Å². The summed E-state index contributed by atoms with van der Waals surface area (Å²) in [4.78, 5) is 12.9. The Morgan fingerprint density at radius 1 is 1.03 bits per heavy atom. The van der Waals surface area contributed by atoms with E-state index in [4.69, 9.17) is 39.5 Å². The van der Waals surface area contributed by atoms with Gasteiger partial charge in [-0.3, -0.25) is 0 Å². The molecule has 0 spiro atoms. The molecular weight excluding hydrogens is 576 g/mol. The van der Waals surface area contributed by atoms with Gasteiger partial charge in [0.2, 0.25) is 0 Å². The molecule has 0 bridgehead atoms. The van der Waals surface area contributed by atoms with Crippen LogP contribution in [0.25, 0.3) is 11.3 Å². The van der Waals surface area contributed by atoms with Crippen molar-refractivity contribution in [2.45, 2.75) is 12.5 Å². The van der Waals surface area contributed by atoms with Crippen LogP contribution in [0.2, 0.25) is 15.1 Å². The predicted octanol–water partition coefficient (Wildman–Crippen LogP) is 7.14. The summed E-state index contributed by atoms with van der Waals surface area (Å²) in [5, 5.41) is 6.18. The highest BCUT2D eigenvalue weighted by Gasteiger charge is 2.41. The molecular formula is C22H18Br2Cl3NO2. The second kappa shape index (κ2) is 10.1. The van der Waals surface area contributed by atoms with Crippen LogP contribution in [0.15, 0.2) is 54.1 Å². The van der Waals surface area contributed by atoms with E-state index in [0.717, 1.165) is 22.4 Å². The van der Waals surface area contributed by atoms with E-state index in [1.807, 2.05) is 36.4 Å². The lowest BCUT2D eigenvalue weighted by Crippen LogP contribution is -2.53. The van der Waals surface area contributed by atoms with Crippen LogP contribution in [-0.2, 0) is 9.53 Å². The number of carbonyl (C=O) groups is 1. The standard InChI is InChI=1S/C22H18Br2Cl3NO2/c1-2-30-21(29)18-10-17(16-8-7-15(26)9-19(16)27)20(28-22(18,11-23)12-24)13-3-5-14(25)6-4-13/h3-10,28H,2,11-12H2,1H3. The first-order valence-corrected chi connectivity index (χ1v) is 12.5. The minimum Gasteiger partial charge on any atom is -0.463 e. The number of carbonyl (C=O) groups excluding carboxylic acids is 1. The number of allylic oxidation sites excluding steroid dienone is 2. The molecule has 1 aliphatic rings. The maximum Gasteiger partial charge on any atom is 0.336 e. The number of hydrogen-bond donors (Lipinski definition) is 1. The lowest BCUT2D eigenvalue weighted by molar-refractivity contribution is -0.139. The van der Waals surface area contributed by atoms with Crippen LogP contribution in [-0.4, -0.2) is 28.8 Å². The summed E-state index contributed by atoms with van der Waals surface area (Å²) in [5.74, 6) is -0.387. The number of esters is 1. The van der Waals surface area contributed by atoms with Gasteiger partial charge in [0.15, 0.2) is 0 Å². The van der Waals surface area contributed by atoms with Gasteiger partial charge in [0.25, 0.3) is 0 Å². The first-order chi connectivity index (χ1) is 14.3. The van der Waals surface area contributed by atoms with Crippen molar-refractivity contribution in [3.8, 4) is 0 Å². The van der Waals surface area contributed by atoms with Crippen molar-refractivity contribution in [3.05, 3.63) is 80.3 Å². The van der Waals surface area contributed by atoms with Crippen molar-refractivity contribution >= 4 is 83.9 Å². The second-order valence-corrected chi connectivity index (χ2v) is 9.07. The van der Waals surface area contributed by atoms with Crippen LogP contribution >= 0.6 is 66.7 Å². The lowest BCUT2D eigenvalue weighted by atomic mass is 9.84. The number of dihydropyridines is 1. The zero-order chi connectivity index (χ0) is 21.9. The van der Waals surface area contributed by atoms with Crippen LogP contribution in [0.1, 0.15) is 18.1 Å². The van der Waals surface area contributed by atoms with Gasteiger partial charge in [-0.2, -0.15) is 0 Å². The van der Waals surface area contributed by atoms with Crippen molar-refractivity contribution in [2.24, 2.45) is 0 Å². The molecule has 0 aromatic heterocycles. The Bertz CT molecular complexity index is 1020. The second-order valence-electron chi connectivity index (χ2n) is 6.67. The fraction of sp³-hybridized carbons (Fsp3) is 0.227. The summed E-state index contributed by atoms with van der Waals surface area (Å²) in [6, 6.07) is 12.8. The topological polar surface area (TPSA) is 38.3 Å². The maximum atomic E-state index is 12.9. The number of rotatable bonds is 6. The Balaban J connectivity index is 2.31. The third kappa shape index (κ3) is 4.76. The van der Waals surface area contributed by atoms with Gasteiger partial charge >= 0.3 is 5.97 Å². The van der Waals surface area contributed by atoms with Crippen LogP contribution in [0.3, 0.4) is 0 Å². The van der Waals surface area contributed by atoms with Crippen LogP contribution < -0.4 is 5.32 Å². The number of nitrogens with one attached hydrogen (secondary N) is 1. The highest BCUT2D eigenvalue weighted by Crippen LogP contribution is 2.40. The fourth-order valence-electron chi connectivity index (χ4n) is 3.20. The quantitative estimate of drug-likeness (QED) is 0.286. The molecule has 3 rings (SSSR count). The van der Waals surface area contributed by atoms with Gasteiger partial charge in [0.1, 0.15) is 0 Å². The number of ether oxygens (including phenoxy) is 1. The Hall–Kier alpha value is -0.980. The van der Waals surface area contributed by atoms with E-state index in [1.54, 1.807) is 19.1 Å². The monoisotopic (exact) mass is 591 g/mol. The van der Waals surface area contributed by atoms with Gasteiger partial charge < -0.3 is 10.1 Å². The first-order valence-electron chi connectivity index (χ1n) is 9.10. The Morgan fingerprint density at radius 2 is 1.67 bits per heavy atom. The van der Waals surface area contributed by atoms with Gasteiger partial charge in [0.05, 0.1) is 23.4 Å². The summed E-state index contributed by atoms with van der Waals surface area (Å²) in [5.41, 5.74) is 3.02. The van der Waals surface area contributed by atoms with E-state index in [0.29, 0.717) is 31.3 Å². The van der Waals surface area contributed by atoms with Crippen molar-refractivity contribution in [3.63, 3.8) is 0 Å². The molecule has 0 radical (unpaired) electrons. The van der Waals surface area contributed by atoms with Gasteiger partial charge in [-0.15, -0.1) is 0 Å². The highest BCUT2D eigenvalue weighted by atomic mass is 79.9. The molecule has 158 valence electrons. The molecule has 8 heteroatoms. The van der Waals surface area contributed by atoms with Crippen LogP contribution in [0.4, 0.5) is 0 Å². The van der Waals surface area contributed by atoms with E-state index < -0.39 is 5.54 Å². The largest absolute Gasteiger partial charge is 0.463 e. The highest BCUT2D eigenvalue weighted by molar-refractivity contribution is 9.09. The molecule has 0 amide bonds. The van der Waals surface area contributed by atoms with Crippen molar-refractivity contribution in [1.82, 2.24) is 5.32 Å². The SMILES string of the molecule is CCOC(=O)C1=CC(c2ccc(Cl)cc2Cl)=C(c2ccc(Cl)cc2)NC1(CBr)CBr. The summed E-state index contributed by atoms with van der Waals surface area (Å²) in [6.07, 6.45) is 1.84. The Labute approximate surface area is 207 Å². The van der Waals surface area contributed by atoms with Gasteiger partial charge in [-0.25, -0.2) is 4.79 Å². The molecule has 2 aromatic carbocycles. The molecule has 0 saturated heterocycles. The van der Waals surface area contributed by atoms with Crippen LogP contribution in [0.5, 0.6) is 0 Å². The van der Waals surface area contributed by atoms with Gasteiger partial charge in [-0.05, 0) is 42.8 Å².